The summed E-state index contributed by atoms with van der Waals surface area (Å²) in [6.45, 7) is 13.5. The maximum absolute atomic E-state index is 14.6. The monoisotopic (exact) mass is 1100 g/mol. The number of carbonyl (C=O) groups excluding carboxylic acids is 3. The number of aromatic carboxylic acids is 1. The molecule has 0 spiro atoms. The first-order chi connectivity index (χ1) is 37.3. The third-order valence-corrected chi connectivity index (χ3v) is 14.0. The van der Waals surface area contributed by atoms with Gasteiger partial charge in [0.1, 0.15) is 51.7 Å². The van der Waals surface area contributed by atoms with Gasteiger partial charge in [-0.3, -0.25) is 4.79 Å². The molecule has 0 bridgehead atoms. The van der Waals surface area contributed by atoms with E-state index < -0.39 is 64.7 Å². The molecule has 2 amide bonds. The van der Waals surface area contributed by atoms with Crippen LogP contribution in [0, 0.1) is 29.2 Å². The lowest BCUT2D eigenvalue weighted by atomic mass is 9.89. The summed E-state index contributed by atoms with van der Waals surface area (Å²) in [7, 11) is 0. The number of Topliss-reactive ketones (excluding diaryl/α,β-unsaturated/α-hetero) is 1. The Morgan fingerprint density at radius 1 is 0.633 bits per heavy atom. The molecule has 5 N–H and O–H groups in total. The number of rotatable bonds is 8. The van der Waals surface area contributed by atoms with Crippen molar-refractivity contribution in [2.75, 3.05) is 49.1 Å². The van der Waals surface area contributed by atoms with E-state index in [1.807, 2.05) is 30.6 Å². The van der Waals surface area contributed by atoms with E-state index in [0.717, 1.165) is 37.1 Å². The average Bonchev–Trinajstić information content (AvgIpc) is 4.29. The Balaban J connectivity index is 0.000000175. The fraction of sp³-hybridized carbons (Fsp3) is 0.491. The quantitative estimate of drug-likeness (QED) is 0.0835. The molecule has 0 radical (unpaired) electrons. The largest absolute Gasteiger partial charge is 0.477 e. The lowest BCUT2D eigenvalue weighted by Gasteiger charge is -2.36. The number of anilines is 2. The average molecular weight is 1100 g/mol. The van der Waals surface area contributed by atoms with Gasteiger partial charge in [-0.15, -0.1) is 0 Å². The second kappa shape index (κ2) is 23.9. The number of nitrogens with two attached hydrogens (primary N) is 1. The van der Waals surface area contributed by atoms with Gasteiger partial charge in [0, 0.05) is 81.2 Å². The number of ether oxygens (including phenoxy) is 2. The zero-order chi connectivity index (χ0) is 57.1. The molecular weight excluding hydrogens is 1030 g/mol. The number of piperidine rings is 2. The van der Waals surface area contributed by atoms with Crippen molar-refractivity contribution in [3.8, 4) is 0 Å². The maximum atomic E-state index is 14.6. The number of hydrogen-bond donors (Lipinski definition) is 4. The fourth-order valence-electron chi connectivity index (χ4n) is 10.2. The first kappa shape index (κ1) is 57.7. The van der Waals surface area contributed by atoms with Crippen molar-refractivity contribution in [2.45, 2.75) is 128 Å². The number of aliphatic hydroxyl groups is 2. The number of carbonyl (C=O) groups is 4. The molecule has 20 nitrogen and oxygen atoms in total. The SMILES string of the molecule is CC(C)(C)OC(=O)N1CCC(O)C(CC(=O)c2cnn3ccc(N4CCC[C@@H]4c4cc(F)ccc4F)nc23)C1.CC(C)(C)OC(=O)N1CCC(O)C(N)C1.O=C(O)c1cnn2ccc(N3CCCC3c3cc(F)ccc3F)nc12. The van der Waals surface area contributed by atoms with Gasteiger partial charge in [0.25, 0.3) is 0 Å². The summed E-state index contributed by atoms with van der Waals surface area (Å²) in [4.78, 5) is 64.8. The minimum Gasteiger partial charge on any atom is -0.477 e. The number of benzene rings is 2. The minimum atomic E-state index is -1.12. The molecule has 10 rings (SSSR count). The molecular formula is C55H67F4N11O9. The fourth-order valence-corrected chi connectivity index (χ4v) is 10.2. The summed E-state index contributed by atoms with van der Waals surface area (Å²) in [6, 6.07) is 9.22. The van der Waals surface area contributed by atoms with Crippen LogP contribution in [0.4, 0.5) is 38.8 Å². The predicted molar refractivity (Wildman–Crippen MR) is 282 cm³/mol. The van der Waals surface area contributed by atoms with Crippen LogP contribution in [-0.4, -0.2) is 147 Å². The van der Waals surface area contributed by atoms with Gasteiger partial charge in [-0.1, -0.05) is 0 Å². The Bertz CT molecular complexity index is 3180. The van der Waals surface area contributed by atoms with Crippen molar-refractivity contribution in [2.24, 2.45) is 11.7 Å². The number of aliphatic hydroxyl groups excluding tert-OH is 2. The molecule has 424 valence electrons. The number of likely N-dealkylation sites (tertiary alicyclic amines) is 2. The molecule has 4 aliphatic heterocycles. The number of halogens is 4. The van der Waals surface area contributed by atoms with Gasteiger partial charge in [0.2, 0.25) is 0 Å². The van der Waals surface area contributed by atoms with Crippen LogP contribution in [0.5, 0.6) is 0 Å². The van der Waals surface area contributed by atoms with Crippen molar-refractivity contribution >= 4 is 46.9 Å². The zero-order valence-corrected chi connectivity index (χ0v) is 44.9. The third-order valence-electron chi connectivity index (χ3n) is 14.0. The van der Waals surface area contributed by atoms with Gasteiger partial charge in [0.15, 0.2) is 17.1 Å². The van der Waals surface area contributed by atoms with Gasteiger partial charge >= 0.3 is 18.2 Å². The Kier molecular flexibility index (Phi) is 17.5. The zero-order valence-electron chi connectivity index (χ0n) is 44.9. The highest BCUT2D eigenvalue weighted by Gasteiger charge is 2.36. The van der Waals surface area contributed by atoms with Gasteiger partial charge in [-0.25, -0.2) is 50.9 Å². The lowest BCUT2D eigenvalue weighted by Crippen LogP contribution is -2.53. The van der Waals surface area contributed by atoms with E-state index in [2.05, 4.69) is 15.2 Å². The number of amides is 2. The summed E-state index contributed by atoms with van der Waals surface area (Å²) in [5, 5.41) is 37.4. The van der Waals surface area contributed by atoms with E-state index in [1.165, 1.54) is 38.5 Å². The summed E-state index contributed by atoms with van der Waals surface area (Å²) in [6.07, 6.45) is 7.69. The minimum absolute atomic E-state index is 0.00506. The highest BCUT2D eigenvalue weighted by Crippen LogP contribution is 2.39. The van der Waals surface area contributed by atoms with Crippen LogP contribution >= 0.6 is 0 Å². The van der Waals surface area contributed by atoms with Crippen LogP contribution in [-0.2, 0) is 9.47 Å². The molecule has 4 aromatic heterocycles. The van der Waals surface area contributed by atoms with Crippen molar-refractivity contribution in [1.29, 1.82) is 0 Å². The molecule has 5 unspecified atom stereocenters. The number of ketones is 1. The van der Waals surface area contributed by atoms with Crippen LogP contribution in [0.15, 0.2) is 73.3 Å². The number of hydrogen-bond acceptors (Lipinski definition) is 15. The molecule has 0 aliphatic carbocycles. The second-order valence-corrected chi connectivity index (χ2v) is 22.2. The second-order valence-electron chi connectivity index (χ2n) is 22.2. The first-order valence-electron chi connectivity index (χ1n) is 26.3. The van der Waals surface area contributed by atoms with Crippen LogP contribution in [0.3, 0.4) is 0 Å². The van der Waals surface area contributed by atoms with Crippen molar-refractivity contribution in [3.05, 3.63) is 119 Å². The van der Waals surface area contributed by atoms with Gasteiger partial charge in [-0.2, -0.15) is 10.2 Å². The molecule has 8 heterocycles. The Morgan fingerprint density at radius 3 is 1.56 bits per heavy atom. The molecule has 6 aromatic rings. The van der Waals surface area contributed by atoms with Gasteiger partial charge < -0.3 is 50.1 Å². The number of fused-ring (bicyclic) bond motifs is 2. The molecule has 2 aromatic carbocycles. The van der Waals surface area contributed by atoms with E-state index in [0.29, 0.717) is 81.3 Å². The number of carboxylic acid groups (broad SMARTS) is 1. The summed E-state index contributed by atoms with van der Waals surface area (Å²) in [5.41, 5.74) is 5.95. The third kappa shape index (κ3) is 13.9. The molecule has 4 aliphatic rings. The van der Waals surface area contributed by atoms with Gasteiger partial charge in [0.05, 0.1) is 42.2 Å². The highest BCUT2D eigenvalue weighted by molar-refractivity contribution is 6.01. The van der Waals surface area contributed by atoms with E-state index in [-0.39, 0.29) is 65.3 Å². The molecule has 24 heteroatoms. The van der Waals surface area contributed by atoms with Crippen molar-refractivity contribution in [3.63, 3.8) is 0 Å². The molecule has 0 saturated carbocycles. The molecule has 6 atom stereocenters. The van der Waals surface area contributed by atoms with E-state index in [1.54, 1.807) is 50.2 Å². The lowest BCUT2D eigenvalue weighted by molar-refractivity contribution is -0.00929. The smallest absolute Gasteiger partial charge is 0.410 e. The maximum Gasteiger partial charge on any atom is 0.410 e. The number of aromatic nitrogens is 6. The van der Waals surface area contributed by atoms with Crippen LogP contribution in [0.2, 0.25) is 0 Å². The Labute approximate surface area is 453 Å². The number of carboxylic acids is 1. The Hall–Kier alpha value is -7.44. The Morgan fingerprint density at radius 2 is 1.09 bits per heavy atom. The molecule has 4 fully saturated rings. The van der Waals surface area contributed by atoms with Crippen LogP contribution in [0.25, 0.3) is 11.3 Å². The summed E-state index contributed by atoms with van der Waals surface area (Å²) >= 11 is 0. The van der Waals surface area contributed by atoms with Crippen molar-refractivity contribution in [1.82, 2.24) is 39.0 Å². The summed E-state index contributed by atoms with van der Waals surface area (Å²) in [5.74, 6) is -2.70. The normalized spacial score (nSPS) is 21.6. The van der Waals surface area contributed by atoms with E-state index in [9.17, 15) is 52.1 Å². The standard InChI is InChI=1S/C28H33F2N5O4.C17H14F2N4O2.C10H20N2O3/c1-28(2,3)39-27(38)33-11-8-23(36)17(16-33)13-24(37)20-15-31-35-12-9-25(32-26(20)35)34-10-4-5-22(34)19-14-18(29)6-7-21(19)30;18-10-3-4-13(19)11(8-10)14-2-1-6-22(14)15-5-7-23-16(21-15)12(9-20-23)17(24)25;1-10(2,3)15-9(14)12-5-4-8(13)7(11)6-12/h6-7,9,12,14-15,17,22-23,36H,4-5,8,10-11,13,16H2,1-3H3;3-5,7-9,14H,1-2,6H2,(H,24,25);7-8,13H,4-6,11H2,1-3H3/t17?,22-,23?;;/m1../s1. The topological polar surface area (TPSA) is 247 Å². The van der Waals surface area contributed by atoms with Gasteiger partial charge in [-0.05, 0) is 129 Å². The first-order valence-corrected chi connectivity index (χ1v) is 26.3. The summed E-state index contributed by atoms with van der Waals surface area (Å²) < 4.78 is 69.8. The molecule has 79 heavy (non-hydrogen) atoms. The predicted octanol–water partition coefficient (Wildman–Crippen LogP) is 7.90. The van der Waals surface area contributed by atoms with Crippen LogP contribution < -0.4 is 15.5 Å². The highest BCUT2D eigenvalue weighted by atomic mass is 19.1. The van der Waals surface area contributed by atoms with E-state index >= 15 is 0 Å². The van der Waals surface area contributed by atoms with E-state index in [4.69, 9.17) is 20.2 Å². The number of nitrogens with zero attached hydrogens (tertiary/aromatic N) is 10. The molecule has 4 saturated heterocycles. The van der Waals surface area contributed by atoms with Crippen molar-refractivity contribution < 1.29 is 61.5 Å². The van der Waals surface area contributed by atoms with Crippen LogP contribution in [0.1, 0.15) is 130 Å².